The lowest BCUT2D eigenvalue weighted by Crippen LogP contribution is -2.51. The van der Waals surface area contributed by atoms with Crippen LogP contribution in [-0.4, -0.2) is 53.8 Å². The molecule has 2 rings (SSSR count). The minimum Gasteiger partial charge on any atom is -0.376 e. The van der Waals surface area contributed by atoms with E-state index in [1.165, 1.54) is 38.6 Å². The van der Waals surface area contributed by atoms with E-state index < -0.39 is 8.80 Å². The van der Waals surface area contributed by atoms with Crippen LogP contribution >= 0.6 is 0 Å². The first kappa shape index (κ1) is 13.5. The zero-order valence-electron chi connectivity index (χ0n) is 11.3. The highest BCUT2D eigenvalue weighted by Gasteiger charge is 2.59. The largest absolute Gasteiger partial charge is 0.519 e. The first-order valence-electron chi connectivity index (χ1n) is 6.65. The van der Waals surface area contributed by atoms with Crippen LogP contribution in [0.5, 0.6) is 0 Å². The Morgan fingerprint density at radius 2 is 1.59 bits per heavy atom. The quantitative estimate of drug-likeness (QED) is 0.536. The van der Waals surface area contributed by atoms with Crippen molar-refractivity contribution in [1.82, 2.24) is 4.90 Å². The van der Waals surface area contributed by atoms with E-state index in [9.17, 15) is 0 Å². The normalized spacial score (nSPS) is 30.5. The molecule has 2 unspecified atom stereocenters. The van der Waals surface area contributed by atoms with Gasteiger partial charge in [-0.3, -0.25) is 4.90 Å². The molecule has 0 spiro atoms. The van der Waals surface area contributed by atoms with Gasteiger partial charge >= 0.3 is 8.80 Å². The van der Waals surface area contributed by atoms with Crippen molar-refractivity contribution in [1.29, 1.82) is 0 Å². The molecular formula is C12H25NO3Si. The maximum absolute atomic E-state index is 5.53. The van der Waals surface area contributed by atoms with Gasteiger partial charge in [0.2, 0.25) is 0 Å². The third-order valence-corrected chi connectivity index (χ3v) is 7.26. The second-order valence-electron chi connectivity index (χ2n) is 5.19. The van der Waals surface area contributed by atoms with Crippen LogP contribution in [0.25, 0.3) is 0 Å². The molecule has 2 aliphatic rings. The van der Waals surface area contributed by atoms with Crippen molar-refractivity contribution in [3.63, 3.8) is 0 Å². The summed E-state index contributed by atoms with van der Waals surface area (Å²) >= 11 is 0. The standard InChI is InChI=1S/C12H25NO3Si/c1-14-17(15-2,16-3)12-10-13(12)9-11-7-5-4-6-8-11/h11-12H,4-10H2,1-3H3. The minimum absolute atomic E-state index is 0.393. The second kappa shape index (κ2) is 5.80. The lowest BCUT2D eigenvalue weighted by atomic mass is 9.89. The predicted molar refractivity (Wildman–Crippen MR) is 68.7 cm³/mol. The molecule has 1 saturated heterocycles. The fourth-order valence-electron chi connectivity index (χ4n) is 3.07. The van der Waals surface area contributed by atoms with Crippen LogP contribution in [0.1, 0.15) is 32.1 Å². The highest BCUT2D eigenvalue weighted by molar-refractivity contribution is 6.63. The number of hydrogen-bond acceptors (Lipinski definition) is 4. The Morgan fingerprint density at radius 1 is 1.00 bits per heavy atom. The van der Waals surface area contributed by atoms with E-state index >= 15 is 0 Å². The minimum atomic E-state index is -2.41. The van der Waals surface area contributed by atoms with Crippen LogP contribution in [0.2, 0.25) is 0 Å². The maximum atomic E-state index is 5.53. The Balaban J connectivity index is 1.82. The number of nitrogens with zero attached hydrogens (tertiary/aromatic N) is 1. The Bertz CT molecular complexity index is 234. The maximum Gasteiger partial charge on any atom is 0.519 e. The van der Waals surface area contributed by atoms with Gasteiger partial charge in [0.1, 0.15) is 0 Å². The van der Waals surface area contributed by atoms with Crippen molar-refractivity contribution in [2.24, 2.45) is 5.92 Å². The summed E-state index contributed by atoms with van der Waals surface area (Å²) in [6.07, 6.45) is 7.03. The van der Waals surface area contributed by atoms with E-state index in [1.807, 2.05) is 0 Å². The van der Waals surface area contributed by atoms with E-state index in [1.54, 1.807) is 21.3 Å². The average Bonchev–Trinajstić information content (AvgIpc) is 3.13. The zero-order valence-corrected chi connectivity index (χ0v) is 12.3. The van der Waals surface area contributed by atoms with E-state index in [-0.39, 0.29) is 0 Å². The fraction of sp³-hybridized carbons (Fsp3) is 1.00. The van der Waals surface area contributed by atoms with Gasteiger partial charge < -0.3 is 13.3 Å². The van der Waals surface area contributed by atoms with Crippen LogP contribution < -0.4 is 0 Å². The van der Waals surface area contributed by atoms with Crippen molar-refractivity contribution in [2.45, 2.75) is 37.8 Å². The van der Waals surface area contributed by atoms with E-state index in [4.69, 9.17) is 13.3 Å². The van der Waals surface area contributed by atoms with Gasteiger partial charge in [-0.25, -0.2) is 0 Å². The van der Waals surface area contributed by atoms with Crippen molar-refractivity contribution in [3.05, 3.63) is 0 Å². The summed E-state index contributed by atoms with van der Waals surface area (Å²) in [4.78, 5) is 2.47. The van der Waals surface area contributed by atoms with E-state index in [0.717, 1.165) is 12.5 Å². The third-order valence-electron chi connectivity index (χ3n) is 4.19. The molecule has 0 aromatic rings. The third kappa shape index (κ3) is 2.90. The topological polar surface area (TPSA) is 30.7 Å². The Morgan fingerprint density at radius 3 is 2.12 bits per heavy atom. The summed E-state index contributed by atoms with van der Waals surface area (Å²) in [6, 6.07) is 0. The molecule has 5 heteroatoms. The number of rotatable bonds is 6. The summed E-state index contributed by atoms with van der Waals surface area (Å²) in [5.41, 5.74) is 0.393. The highest BCUT2D eigenvalue weighted by atomic mass is 28.4. The van der Waals surface area contributed by atoms with E-state index in [0.29, 0.717) is 5.67 Å². The van der Waals surface area contributed by atoms with Crippen molar-refractivity contribution in [2.75, 3.05) is 34.4 Å². The lowest BCUT2D eigenvalue weighted by molar-refractivity contribution is 0.115. The van der Waals surface area contributed by atoms with Crippen LogP contribution in [0.15, 0.2) is 0 Å². The molecule has 1 aliphatic heterocycles. The second-order valence-corrected chi connectivity index (χ2v) is 8.29. The molecular weight excluding hydrogens is 234 g/mol. The molecule has 17 heavy (non-hydrogen) atoms. The Labute approximate surface area is 106 Å². The van der Waals surface area contributed by atoms with Gasteiger partial charge in [-0.05, 0) is 18.8 Å². The van der Waals surface area contributed by atoms with Gasteiger partial charge in [0.05, 0.1) is 5.67 Å². The molecule has 0 radical (unpaired) electrons. The molecule has 2 atom stereocenters. The SMILES string of the molecule is CO[Si](OC)(OC)C1CN1CC1CCCCC1. The Kier molecular flexibility index (Phi) is 4.60. The van der Waals surface area contributed by atoms with Gasteiger partial charge in [0.15, 0.2) is 0 Å². The summed E-state index contributed by atoms with van der Waals surface area (Å²) in [6.45, 7) is 2.29. The monoisotopic (exact) mass is 259 g/mol. The van der Waals surface area contributed by atoms with Crippen LogP contribution in [0.4, 0.5) is 0 Å². The van der Waals surface area contributed by atoms with E-state index in [2.05, 4.69) is 4.90 Å². The molecule has 2 fully saturated rings. The number of hydrogen-bond donors (Lipinski definition) is 0. The molecule has 1 saturated carbocycles. The van der Waals surface area contributed by atoms with Crippen LogP contribution in [0.3, 0.4) is 0 Å². The molecule has 0 aromatic carbocycles. The van der Waals surface area contributed by atoms with Crippen LogP contribution in [-0.2, 0) is 13.3 Å². The summed E-state index contributed by atoms with van der Waals surface area (Å²) in [5.74, 6) is 0.881. The van der Waals surface area contributed by atoms with Gasteiger partial charge in [-0.1, -0.05) is 19.3 Å². The summed E-state index contributed by atoms with van der Waals surface area (Å²) in [5, 5.41) is 0. The van der Waals surface area contributed by atoms with Gasteiger partial charge in [-0.15, -0.1) is 0 Å². The van der Waals surface area contributed by atoms with Gasteiger partial charge in [0.25, 0.3) is 0 Å². The smallest absolute Gasteiger partial charge is 0.376 e. The van der Waals surface area contributed by atoms with Gasteiger partial charge in [-0.2, -0.15) is 0 Å². The first-order chi connectivity index (χ1) is 8.25. The first-order valence-corrected chi connectivity index (χ1v) is 8.45. The average molecular weight is 259 g/mol. The predicted octanol–water partition coefficient (Wildman–Crippen LogP) is 1.67. The van der Waals surface area contributed by atoms with Crippen LogP contribution in [0, 0.1) is 5.92 Å². The highest BCUT2D eigenvalue weighted by Crippen LogP contribution is 2.33. The molecule has 0 aromatic heterocycles. The molecule has 1 aliphatic carbocycles. The molecule has 0 N–H and O–H groups in total. The van der Waals surface area contributed by atoms with Crippen molar-refractivity contribution in [3.8, 4) is 0 Å². The molecule has 0 bridgehead atoms. The van der Waals surface area contributed by atoms with Crippen molar-refractivity contribution >= 4 is 8.80 Å². The summed E-state index contributed by atoms with van der Waals surface area (Å²) < 4.78 is 16.6. The fourth-order valence-corrected chi connectivity index (χ4v) is 5.40. The summed E-state index contributed by atoms with van der Waals surface area (Å²) in [7, 11) is 2.71. The molecule has 1 heterocycles. The van der Waals surface area contributed by atoms with Crippen molar-refractivity contribution < 1.29 is 13.3 Å². The Hall–Kier alpha value is 0.0569. The molecule has 100 valence electrons. The molecule has 4 nitrogen and oxygen atoms in total. The zero-order chi connectivity index (χ0) is 12.3. The van der Waals surface area contributed by atoms with Gasteiger partial charge in [0, 0.05) is 34.4 Å². The lowest BCUT2D eigenvalue weighted by Gasteiger charge is -2.26. The molecule has 0 amide bonds.